The first kappa shape index (κ1) is 14.5. The minimum Gasteiger partial charge on any atom is -0.298 e. The van der Waals surface area contributed by atoms with E-state index >= 15 is 0 Å². The van der Waals surface area contributed by atoms with Gasteiger partial charge in [0.2, 0.25) is 0 Å². The van der Waals surface area contributed by atoms with E-state index in [-0.39, 0.29) is 17.1 Å². The number of nitrogens with zero attached hydrogens (tertiary/aromatic N) is 1. The van der Waals surface area contributed by atoms with E-state index in [1.54, 1.807) is 0 Å². The molecule has 0 aromatic carbocycles. The maximum absolute atomic E-state index is 12.7. The Morgan fingerprint density at radius 3 is 2.53 bits per heavy atom. The number of nitriles is 1. The van der Waals surface area contributed by atoms with E-state index in [2.05, 4.69) is 45.3 Å². The van der Waals surface area contributed by atoms with Crippen molar-refractivity contribution in [2.75, 3.05) is 0 Å². The summed E-state index contributed by atoms with van der Waals surface area (Å²) in [6.45, 7) is 11.1. The molecule has 0 aromatic heterocycles. The van der Waals surface area contributed by atoms with Gasteiger partial charge in [-0.25, -0.2) is 0 Å². The maximum atomic E-state index is 12.7. The van der Waals surface area contributed by atoms with Gasteiger partial charge in [0.25, 0.3) is 0 Å². The molecule has 0 amide bonds. The molecule has 2 fully saturated rings. The van der Waals surface area contributed by atoms with Crippen LogP contribution in [0.15, 0.2) is 11.3 Å². The van der Waals surface area contributed by atoms with Crippen LogP contribution in [-0.2, 0) is 4.79 Å². The van der Waals surface area contributed by atoms with E-state index in [9.17, 15) is 10.1 Å². The lowest BCUT2D eigenvalue weighted by molar-refractivity contribution is -0.132. The molecule has 0 heterocycles. The second-order valence-corrected chi connectivity index (χ2v) is 13.2. The molecule has 0 aromatic rings. The molecule has 0 spiro atoms. The van der Waals surface area contributed by atoms with Gasteiger partial charge in [-0.15, -0.1) is 0 Å². The van der Waals surface area contributed by atoms with Crippen molar-refractivity contribution in [1.29, 1.82) is 5.26 Å². The molecule has 3 heteroatoms. The molecular formula is C16H25NOSi. The van der Waals surface area contributed by atoms with Gasteiger partial charge in [0.05, 0.1) is 14.1 Å². The molecule has 19 heavy (non-hydrogen) atoms. The van der Waals surface area contributed by atoms with Gasteiger partial charge in [0.1, 0.15) is 5.41 Å². The summed E-state index contributed by atoms with van der Waals surface area (Å²) in [6.07, 6.45) is 3.53. The normalized spacial score (nSPS) is 36.1. The van der Waals surface area contributed by atoms with E-state index in [4.69, 9.17) is 0 Å². The summed E-state index contributed by atoms with van der Waals surface area (Å²) < 4.78 is 0. The predicted octanol–water partition coefficient (Wildman–Crippen LogP) is 4.10. The summed E-state index contributed by atoms with van der Waals surface area (Å²) in [7, 11) is -1.39. The van der Waals surface area contributed by atoms with Crippen molar-refractivity contribution >= 4 is 13.9 Å². The first-order chi connectivity index (χ1) is 8.61. The topological polar surface area (TPSA) is 40.9 Å². The highest BCUT2D eigenvalue weighted by atomic mass is 28.3. The van der Waals surface area contributed by atoms with Gasteiger partial charge in [-0.1, -0.05) is 44.8 Å². The first-order valence-corrected chi connectivity index (χ1v) is 10.9. The number of ketones is 1. The van der Waals surface area contributed by atoms with E-state index in [1.165, 1.54) is 0 Å². The molecule has 104 valence electrons. The van der Waals surface area contributed by atoms with Crippen LogP contribution in [-0.4, -0.2) is 13.9 Å². The molecule has 2 aliphatic carbocycles. The zero-order chi connectivity index (χ0) is 14.5. The number of hydrogen-bond donors (Lipinski definition) is 0. The van der Waals surface area contributed by atoms with Crippen LogP contribution in [0.25, 0.3) is 0 Å². The number of rotatable bonds is 1. The summed E-state index contributed by atoms with van der Waals surface area (Å²) in [6, 6.07) is 2.44. The monoisotopic (exact) mass is 275 g/mol. The third kappa shape index (κ3) is 2.43. The second kappa shape index (κ2) is 4.31. The molecule has 2 rings (SSSR count). The third-order valence-corrected chi connectivity index (χ3v) is 5.76. The van der Waals surface area contributed by atoms with Crippen molar-refractivity contribution in [3.05, 3.63) is 11.3 Å². The minimum absolute atomic E-state index is 0.0662. The van der Waals surface area contributed by atoms with Crippen LogP contribution in [0, 0.1) is 28.1 Å². The molecule has 2 aliphatic rings. The Kier molecular flexibility index (Phi) is 3.30. The fraction of sp³-hybridized carbons (Fsp3) is 0.750. The van der Waals surface area contributed by atoms with Crippen LogP contribution < -0.4 is 0 Å². The molecule has 2 nitrogen and oxygen atoms in total. The summed E-state index contributed by atoms with van der Waals surface area (Å²) in [4.78, 5) is 12.7. The Bertz CT molecular complexity index is 478. The van der Waals surface area contributed by atoms with Crippen molar-refractivity contribution in [2.45, 2.75) is 59.2 Å². The highest BCUT2D eigenvalue weighted by Gasteiger charge is 2.57. The Morgan fingerprint density at radius 1 is 1.37 bits per heavy atom. The summed E-state index contributed by atoms with van der Waals surface area (Å²) in [5.74, 6) is 0.426. The lowest BCUT2D eigenvalue weighted by Crippen LogP contribution is -2.44. The lowest BCUT2D eigenvalue weighted by Gasteiger charge is -2.41. The minimum atomic E-state index is -1.39. The standard InChI is InChI=1S/C16H25NOSi/c1-15(2)8-12-6-7-13(10-19(3,4)5)16(12,11-17)14(18)9-15/h10,12H,6-9H2,1-5H3/b13-10+/t12-,16+/m0/s1. The van der Waals surface area contributed by atoms with Crippen LogP contribution >= 0.6 is 0 Å². The van der Waals surface area contributed by atoms with Crippen molar-refractivity contribution in [1.82, 2.24) is 0 Å². The van der Waals surface area contributed by atoms with E-state index in [1.807, 2.05) is 0 Å². The Labute approximate surface area is 117 Å². The number of carbonyl (C=O) groups is 1. The summed E-state index contributed by atoms with van der Waals surface area (Å²) in [5.41, 5.74) is 2.76. The van der Waals surface area contributed by atoms with E-state index in [0.29, 0.717) is 6.42 Å². The fourth-order valence-corrected chi connectivity index (χ4v) is 5.33. The molecule has 0 unspecified atom stereocenters. The molecule has 0 N–H and O–H groups in total. The largest absolute Gasteiger partial charge is 0.298 e. The van der Waals surface area contributed by atoms with Crippen LogP contribution in [0.4, 0.5) is 0 Å². The van der Waals surface area contributed by atoms with Crippen LogP contribution in [0.2, 0.25) is 19.6 Å². The second-order valence-electron chi connectivity index (χ2n) is 8.16. The lowest BCUT2D eigenvalue weighted by atomic mass is 9.59. The van der Waals surface area contributed by atoms with Crippen molar-refractivity contribution in [3.8, 4) is 6.07 Å². The molecule has 0 radical (unpaired) electrons. The molecule has 0 saturated heterocycles. The molecular weight excluding hydrogens is 250 g/mol. The average molecular weight is 275 g/mol. The molecule has 0 aliphatic heterocycles. The highest BCUT2D eigenvalue weighted by Crippen LogP contribution is 2.57. The summed E-state index contributed by atoms with van der Waals surface area (Å²) in [5, 5.41) is 9.76. The molecule has 2 atom stereocenters. The highest BCUT2D eigenvalue weighted by molar-refractivity contribution is 6.81. The van der Waals surface area contributed by atoms with Crippen molar-refractivity contribution < 1.29 is 4.79 Å². The smallest absolute Gasteiger partial charge is 0.158 e. The van der Waals surface area contributed by atoms with Crippen LogP contribution in [0.5, 0.6) is 0 Å². The van der Waals surface area contributed by atoms with Gasteiger partial charge in [0.15, 0.2) is 5.78 Å². The van der Waals surface area contributed by atoms with Crippen LogP contribution in [0.3, 0.4) is 0 Å². The number of fused-ring (bicyclic) bond motifs is 1. The SMILES string of the molecule is CC1(C)CC(=O)[C@@]2(C#N)/C(=C/[Si](C)(C)C)CC[C@H]2C1. The van der Waals surface area contributed by atoms with Gasteiger partial charge in [0, 0.05) is 6.42 Å². The van der Waals surface area contributed by atoms with Gasteiger partial charge in [-0.2, -0.15) is 5.26 Å². The summed E-state index contributed by atoms with van der Waals surface area (Å²) >= 11 is 0. The Balaban J connectivity index is 2.48. The number of allylic oxidation sites excluding steroid dienone is 1. The Hall–Kier alpha value is -0.883. The van der Waals surface area contributed by atoms with Gasteiger partial charge >= 0.3 is 0 Å². The van der Waals surface area contributed by atoms with Crippen molar-refractivity contribution in [2.24, 2.45) is 16.7 Å². The predicted molar refractivity (Wildman–Crippen MR) is 80.2 cm³/mol. The number of hydrogen-bond acceptors (Lipinski definition) is 2. The average Bonchev–Trinajstić information content (AvgIpc) is 2.53. The third-order valence-electron chi connectivity index (χ3n) is 4.54. The van der Waals surface area contributed by atoms with Crippen LogP contribution in [0.1, 0.15) is 39.5 Å². The first-order valence-electron chi connectivity index (χ1n) is 7.27. The number of carbonyl (C=O) groups excluding carboxylic acids is 1. The van der Waals surface area contributed by atoms with Crippen molar-refractivity contribution in [3.63, 3.8) is 0 Å². The quantitative estimate of drug-likeness (QED) is 0.676. The molecule has 0 bridgehead atoms. The Morgan fingerprint density at radius 2 is 2.00 bits per heavy atom. The molecule has 2 saturated carbocycles. The fourth-order valence-electron chi connectivity index (χ4n) is 3.91. The van der Waals surface area contributed by atoms with E-state index in [0.717, 1.165) is 24.8 Å². The zero-order valence-electron chi connectivity index (χ0n) is 12.8. The zero-order valence-corrected chi connectivity index (χ0v) is 13.8. The van der Waals surface area contributed by atoms with Gasteiger partial charge < -0.3 is 0 Å². The van der Waals surface area contributed by atoms with Gasteiger partial charge in [-0.05, 0) is 30.6 Å². The van der Waals surface area contributed by atoms with E-state index < -0.39 is 13.5 Å². The number of Topliss-reactive ketones (excluding diaryl/α,β-unsaturated/α-hetero) is 1. The van der Waals surface area contributed by atoms with Gasteiger partial charge in [-0.3, -0.25) is 4.79 Å². The maximum Gasteiger partial charge on any atom is 0.158 e.